The SMILES string of the molecule is Cc1cc(OCCOCCNCCN(C)C)ccc1[N+](=O)[O-].Cl. The number of likely N-dealkylation sites (N-methyl/N-ethyl adjacent to an activating group) is 1. The zero-order valence-electron chi connectivity index (χ0n) is 13.9. The van der Waals surface area contributed by atoms with E-state index >= 15 is 0 Å². The second kappa shape index (κ2) is 12.1. The van der Waals surface area contributed by atoms with Crippen molar-refractivity contribution < 1.29 is 14.4 Å². The number of ether oxygens (including phenoxy) is 2. The first kappa shape index (κ1) is 21.6. The van der Waals surface area contributed by atoms with Crippen molar-refractivity contribution in [1.29, 1.82) is 0 Å². The van der Waals surface area contributed by atoms with Gasteiger partial charge in [-0.3, -0.25) is 10.1 Å². The normalized spacial score (nSPS) is 10.4. The van der Waals surface area contributed by atoms with Crippen molar-refractivity contribution in [2.45, 2.75) is 6.92 Å². The molecule has 0 saturated carbocycles. The molecule has 1 aromatic carbocycles. The Balaban J connectivity index is 0.00000484. The van der Waals surface area contributed by atoms with Gasteiger partial charge in [-0.15, -0.1) is 12.4 Å². The molecule has 0 amide bonds. The lowest BCUT2D eigenvalue weighted by Gasteiger charge is -2.11. The summed E-state index contributed by atoms with van der Waals surface area (Å²) in [6.07, 6.45) is 0. The van der Waals surface area contributed by atoms with Crippen molar-refractivity contribution >= 4 is 18.1 Å². The van der Waals surface area contributed by atoms with E-state index in [4.69, 9.17) is 9.47 Å². The summed E-state index contributed by atoms with van der Waals surface area (Å²) in [5, 5.41) is 14.0. The van der Waals surface area contributed by atoms with Gasteiger partial charge in [-0.25, -0.2) is 0 Å². The number of halogens is 1. The van der Waals surface area contributed by atoms with Crippen molar-refractivity contribution in [2.24, 2.45) is 0 Å². The van der Waals surface area contributed by atoms with Crippen LogP contribution in [0.2, 0.25) is 0 Å². The fourth-order valence-corrected chi connectivity index (χ4v) is 1.82. The third-order valence-electron chi connectivity index (χ3n) is 3.02. The number of nitro benzene ring substituents is 1. The molecule has 132 valence electrons. The quantitative estimate of drug-likeness (QED) is 0.374. The van der Waals surface area contributed by atoms with Crippen molar-refractivity contribution in [3.8, 4) is 5.75 Å². The van der Waals surface area contributed by atoms with E-state index < -0.39 is 4.92 Å². The van der Waals surface area contributed by atoms with Crippen LogP contribution in [0.15, 0.2) is 18.2 Å². The Labute approximate surface area is 143 Å². The zero-order chi connectivity index (χ0) is 16.4. The lowest BCUT2D eigenvalue weighted by atomic mass is 10.2. The van der Waals surface area contributed by atoms with Crippen LogP contribution < -0.4 is 10.1 Å². The summed E-state index contributed by atoms with van der Waals surface area (Å²) >= 11 is 0. The van der Waals surface area contributed by atoms with Crippen LogP contribution in [0.3, 0.4) is 0 Å². The molecule has 7 nitrogen and oxygen atoms in total. The summed E-state index contributed by atoms with van der Waals surface area (Å²) in [6, 6.07) is 4.73. The van der Waals surface area contributed by atoms with E-state index in [0.717, 1.165) is 19.6 Å². The summed E-state index contributed by atoms with van der Waals surface area (Å²) in [6.45, 7) is 6.00. The van der Waals surface area contributed by atoms with E-state index in [2.05, 4.69) is 10.2 Å². The molecule has 0 saturated heterocycles. The molecule has 23 heavy (non-hydrogen) atoms. The molecule has 0 atom stereocenters. The van der Waals surface area contributed by atoms with Crippen LogP contribution in [0, 0.1) is 17.0 Å². The van der Waals surface area contributed by atoms with E-state index in [1.807, 2.05) is 14.1 Å². The number of nitrogens with zero attached hydrogens (tertiary/aromatic N) is 2. The molecular formula is C15H26ClN3O4. The van der Waals surface area contributed by atoms with Crippen LogP contribution >= 0.6 is 12.4 Å². The van der Waals surface area contributed by atoms with Gasteiger partial charge in [-0.1, -0.05) is 0 Å². The molecule has 1 aromatic rings. The topological polar surface area (TPSA) is 76.9 Å². The highest BCUT2D eigenvalue weighted by atomic mass is 35.5. The summed E-state index contributed by atoms with van der Waals surface area (Å²) in [5.74, 6) is 0.621. The zero-order valence-corrected chi connectivity index (χ0v) is 14.7. The van der Waals surface area contributed by atoms with Crippen molar-refractivity contribution in [1.82, 2.24) is 10.2 Å². The van der Waals surface area contributed by atoms with Gasteiger partial charge < -0.3 is 19.7 Å². The third-order valence-corrected chi connectivity index (χ3v) is 3.02. The predicted octanol–water partition coefficient (Wildman–Crippen LogP) is 1.87. The maximum atomic E-state index is 10.7. The van der Waals surface area contributed by atoms with Crippen molar-refractivity contribution in [2.75, 3.05) is 53.6 Å². The first-order valence-corrected chi connectivity index (χ1v) is 7.31. The lowest BCUT2D eigenvalue weighted by molar-refractivity contribution is -0.385. The number of hydrogen-bond donors (Lipinski definition) is 1. The largest absolute Gasteiger partial charge is 0.491 e. The first-order valence-electron chi connectivity index (χ1n) is 7.31. The minimum absolute atomic E-state index is 0. The summed E-state index contributed by atoms with van der Waals surface area (Å²) in [4.78, 5) is 12.4. The van der Waals surface area contributed by atoms with Gasteiger partial charge in [0.2, 0.25) is 0 Å². The summed E-state index contributed by atoms with van der Waals surface area (Å²) < 4.78 is 11.0. The smallest absolute Gasteiger partial charge is 0.272 e. The molecule has 0 aromatic heterocycles. The van der Waals surface area contributed by atoms with E-state index in [1.165, 1.54) is 6.07 Å². The van der Waals surface area contributed by atoms with Gasteiger partial charge in [0.1, 0.15) is 12.4 Å². The number of nitrogens with one attached hydrogen (secondary N) is 1. The highest BCUT2D eigenvalue weighted by Crippen LogP contribution is 2.22. The third kappa shape index (κ3) is 9.35. The van der Waals surface area contributed by atoms with Crippen LogP contribution in [0.5, 0.6) is 5.75 Å². The Morgan fingerprint density at radius 2 is 1.96 bits per heavy atom. The molecule has 0 aliphatic heterocycles. The predicted molar refractivity (Wildman–Crippen MR) is 92.8 cm³/mol. The minimum atomic E-state index is -0.397. The second-order valence-corrected chi connectivity index (χ2v) is 5.22. The number of nitro groups is 1. The molecule has 0 radical (unpaired) electrons. The fraction of sp³-hybridized carbons (Fsp3) is 0.600. The Morgan fingerprint density at radius 1 is 1.22 bits per heavy atom. The maximum absolute atomic E-state index is 10.7. The Kier molecular flexibility index (Phi) is 11.3. The van der Waals surface area contributed by atoms with Gasteiger partial charge in [-0.05, 0) is 33.2 Å². The Hall–Kier alpha value is -1.41. The highest BCUT2D eigenvalue weighted by molar-refractivity contribution is 5.85. The Bertz CT molecular complexity index is 472. The van der Waals surface area contributed by atoms with Gasteiger partial charge in [0.15, 0.2) is 0 Å². The van der Waals surface area contributed by atoms with Crippen LogP contribution in [0.1, 0.15) is 5.56 Å². The molecule has 8 heteroatoms. The van der Waals surface area contributed by atoms with Crippen LogP contribution in [0.4, 0.5) is 5.69 Å². The summed E-state index contributed by atoms with van der Waals surface area (Å²) in [7, 11) is 4.07. The van der Waals surface area contributed by atoms with Crippen molar-refractivity contribution in [3.05, 3.63) is 33.9 Å². The van der Waals surface area contributed by atoms with Crippen LogP contribution in [0.25, 0.3) is 0 Å². The molecule has 0 spiro atoms. The van der Waals surface area contributed by atoms with Gasteiger partial charge in [-0.2, -0.15) is 0 Å². The van der Waals surface area contributed by atoms with Gasteiger partial charge in [0.25, 0.3) is 5.69 Å². The fourth-order valence-electron chi connectivity index (χ4n) is 1.82. The van der Waals surface area contributed by atoms with Crippen LogP contribution in [-0.2, 0) is 4.74 Å². The van der Waals surface area contributed by atoms with Crippen LogP contribution in [-0.4, -0.2) is 63.4 Å². The average Bonchev–Trinajstić information content (AvgIpc) is 2.44. The van der Waals surface area contributed by atoms with Crippen molar-refractivity contribution in [3.63, 3.8) is 0 Å². The number of aryl methyl sites for hydroxylation is 1. The Morgan fingerprint density at radius 3 is 2.57 bits per heavy atom. The highest BCUT2D eigenvalue weighted by Gasteiger charge is 2.10. The molecule has 0 aliphatic rings. The molecular weight excluding hydrogens is 322 g/mol. The average molecular weight is 348 g/mol. The molecule has 0 heterocycles. The second-order valence-electron chi connectivity index (χ2n) is 5.22. The molecule has 1 N–H and O–H groups in total. The maximum Gasteiger partial charge on any atom is 0.272 e. The minimum Gasteiger partial charge on any atom is -0.491 e. The monoisotopic (exact) mass is 347 g/mol. The summed E-state index contributed by atoms with van der Waals surface area (Å²) in [5.41, 5.74) is 0.695. The first-order chi connectivity index (χ1) is 10.5. The van der Waals surface area contributed by atoms with E-state index in [-0.39, 0.29) is 18.1 Å². The van der Waals surface area contributed by atoms with E-state index in [1.54, 1.807) is 19.1 Å². The number of benzene rings is 1. The van der Waals surface area contributed by atoms with E-state index in [9.17, 15) is 10.1 Å². The molecule has 0 aliphatic carbocycles. The van der Waals surface area contributed by atoms with Gasteiger partial charge in [0, 0.05) is 31.3 Å². The molecule has 0 bridgehead atoms. The number of hydrogen-bond acceptors (Lipinski definition) is 6. The van der Waals surface area contributed by atoms with Gasteiger partial charge in [0.05, 0.1) is 18.1 Å². The lowest BCUT2D eigenvalue weighted by Crippen LogP contribution is -2.29. The number of rotatable bonds is 11. The standard InChI is InChI=1S/C15H25N3O4.ClH/c1-13-12-14(4-5-15(13)18(19)20)22-11-10-21-9-7-16-6-8-17(2)3;/h4-5,12,16H,6-11H2,1-3H3;1H. The van der Waals surface area contributed by atoms with Gasteiger partial charge >= 0.3 is 0 Å². The molecule has 0 fully saturated rings. The van der Waals surface area contributed by atoms with E-state index in [0.29, 0.717) is 31.1 Å². The molecule has 0 unspecified atom stereocenters. The molecule has 1 rings (SSSR count).